The van der Waals surface area contributed by atoms with Gasteiger partial charge in [0, 0.05) is 15.4 Å². The lowest BCUT2D eigenvalue weighted by Crippen LogP contribution is -2.17. The summed E-state index contributed by atoms with van der Waals surface area (Å²) >= 11 is 5.40. The molecule has 2 nitrogen and oxygen atoms in total. The first-order valence-electron chi connectivity index (χ1n) is 6.88. The number of amidine groups is 1. The summed E-state index contributed by atoms with van der Waals surface area (Å²) in [7, 11) is 0. The van der Waals surface area contributed by atoms with E-state index in [4.69, 9.17) is 0 Å². The Labute approximate surface area is 128 Å². The molecule has 1 unspecified atom stereocenters. The number of nitrogens with one attached hydrogen (secondary N) is 1. The molecule has 1 atom stereocenters. The number of nitrogens with zero attached hydrogens (tertiary/aromatic N) is 1. The van der Waals surface area contributed by atoms with Gasteiger partial charge < -0.3 is 5.32 Å². The zero-order valence-corrected chi connectivity index (χ0v) is 14.1. The molecule has 4 heteroatoms. The molecule has 0 aliphatic carbocycles. The van der Waals surface area contributed by atoms with Gasteiger partial charge in [-0.05, 0) is 36.6 Å². The van der Waals surface area contributed by atoms with Crippen molar-refractivity contribution in [2.45, 2.75) is 38.9 Å². The molecule has 0 fully saturated rings. The monoisotopic (exact) mass is 340 g/mol. The topological polar surface area (TPSA) is 24.4 Å². The molecule has 2 rings (SSSR count). The van der Waals surface area contributed by atoms with Crippen molar-refractivity contribution in [1.29, 1.82) is 0 Å². The number of aryl methyl sites for hydroxylation is 1. The van der Waals surface area contributed by atoms with Crippen LogP contribution in [-0.2, 0) is 0 Å². The first-order chi connectivity index (χ1) is 9.13. The summed E-state index contributed by atoms with van der Waals surface area (Å²) in [5.74, 6) is 0.777. The predicted molar refractivity (Wildman–Crippen MR) is 90.3 cm³/mol. The maximum atomic E-state index is 4.65. The van der Waals surface area contributed by atoms with Crippen LogP contribution in [0.25, 0.3) is 0 Å². The highest BCUT2D eigenvalue weighted by molar-refractivity contribution is 9.10. The van der Waals surface area contributed by atoms with E-state index in [9.17, 15) is 0 Å². The van der Waals surface area contributed by atoms with Crippen molar-refractivity contribution in [1.82, 2.24) is 0 Å². The van der Waals surface area contributed by atoms with Crippen LogP contribution in [0.4, 0.5) is 5.69 Å². The molecule has 1 heterocycles. The molecule has 104 valence electrons. The maximum Gasteiger partial charge on any atom is 0.161 e. The smallest absolute Gasteiger partial charge is 0.161 e. The Morgan fingerprint density at radius 2 is 2.16 bits per heavy atom. The van der Waals surface area contributed by atoms with Crippen LogP contribution in [0.2, 0.25) is 0 Å². The molecule has 0 radical (unpaired) electrons. The van der Waals surface area contributed by atoms with Crippen molar-refractivity contribution in [3.05, 3.63) is 28.2 Å². The minimum atomic E-state index is 0.647. The highest BCUT2D eigenvalue weighted by atomic mass is 79.9. The molecular formula is C15H21BrN2S. The van der Waals surface area contributed by atoms with Gasteiger partial charge in [-0.1, -0.05) is 54.4 Å². The quantitative estimate of drug-likeness (QED) is 0.826. The third-order valence-electron chi connectivity index (χ3n) is 3.68. The van der Waals surface area contributed by atoms with Crippen molar-refractivity contribution >= 4 is 38.5 Å². The van der Waals surface area contributed by atoms with E-state index in [1.165, 1.54) is 18.4 Å². The van der Waals surface area contributed by atoms with E-state index in [-0.39, 0.29) is 0 Å². The normalized spacial score (nSPS) is 18.8. The highest BCUT2D eigenvalue weighted by Gasteiger charge is 2.26. The van der Waals surface area contributed by atoms with E-state index in [2.05, 4.69) is 65.2 Å². The molecule has 0 saturated carbocycles. The fourth-order valence-corrected chi connectivity index (χ4v) is 4.21. The van der Waals surface area contributed by atoms with E-state index in [1.807, 2.05) is 11.8 Å². The third kappa shape index (κ3) is 3.76. The van der Waals surface area contributed by atoms with E-state index < -0.39 is 0 Å². The zero-order valence-electron chi connectivity index (χ0n) is 11.7. The molecule has 19 heavy (non-hydrogen) atoms. The van der Waals surface area contributed by atoms with Crippen molar-refractivity contribution in [3.8, 4) is 0 Å². The van der Waals surface area contributed by atoms with E-state index in [0.717, 1.165) is 27.8 Å². The predicted octanol–water partition coefficient (Wildman–Crippen LogP) is 5.08. The largest absolute Gasteiger partial charge is 0.335 e. The Morgan fingerprint density at radius 1 is 1.42 bits per heavy atom. The lowest BCUT2D eigenvalue weighted by Gasteiger charge is -2.18. The second-order valence-electron chi connectivity index (χ2n) is 4.96. The Morgan fingerprint density at radius 3 is 2.79 bits per heavy atom. The van der Waals surface area contributed by atoms with Gasteiger partial charge in [0.25, 0.3) is 0 Å². The molecule has 0 bridgehead atoms. The van der Waals surface area contributed by atoms with Crippen LogP contribution in [0.3, 0.4) is 0 Å². The van der Waals surface area contributed by atoms with Crippen molar-refractivity contribution < 1.29 is 0 Å². The second-order valence-corrected chi connectivity index (χ2v) is 7.11. The Hall–Kier alpha value is -0.480. The number of aliphatic imine (C=N–C) groups is 1. The summed E-state index contributed by atoms with van der Waals surface area (Å²) < 4.78 is 1.12. The van der Waals surface area contributed by atoms with Gasteiger partial charge in [0.2, 0.25) is 0 Å². The molecule has 1 aromatic carbocycles. The number of thioether (sulfide) groups is 1. The second kappa shape index (κ2) is 6.80. The fraction of sp³-hybridized carbons (Fsp3) is 0.533. The first-order valence-corrected chi connectivity index (χ1v) is 8.55. The lowest BCUT2D eigenvalue weighted by molar-refractivity contribution is 0.479. The molecule has 0 spiro atoms. The summed E-state index contributed by atoms with van der Waals surface area (Å²) in [6, 6.07) is 6.29. The summed E-state index contributed by atoms with van der Waals surface area (Å²) in [6.07, 6.45) is 2.49. The average Bonchev–Trinajstić information content (AvgIpc) is 2.83. The van der Waals surface area contributed by atoms with Crippen LogP contribution in [0.15, 0.2) is 27.7 Å². The third-order valence-corrected chi connectivity index (χ3v) is 5.47. The fourth-order valence-electron chi connectivity index (χ4n) is 2.40. The Kier molecular flexibility index (Phi) is 5.34. The van der Waals surface area contributed by atoms with Crippen LogP contribution >= 0.6 is 27.7 Å². The SMILES string of the molecule is CCC(CC)C1CN=C(Nc2ccc(Br)cc2C)S1. The van der Waals surface area contributed by atoms with Crippen molar-refractivity contribution in [2.75, 3.05) is 11.9 Å². The summed E-state index contributed by atoms with van der Waals surface area (Å²) in [4.78, 5) is 4.65. The number of hydrogen-bond donors (Lipinski definition) is 1. The van der Waals surface area contributed by atoms with Gasteiger partial charge in [-0.2, -0.15) is 0 Å². The summed E-state index contributed by atoms with van der Waals surface area (Å²) in [5, 5.41) is 5.18. The molecule has 1 N–H and O–H groups in total. The zero-order chi connectivity index (χ0) is 13.8. The molecule has 1 aliphatic heterocycles. The minimum Gasteiger partial charge on any atom is -0.335 e. The van der Waals surface area contributed by atoms with Gasteiger partial charge in [-0.3, -0.25) is 4.99 Å². The standard InChI is InChI=1S/C15H21BrN2S/c1-4-11(5-2)14-9-17-15(19-14)18-13-7-6-12(16)8-10(13)3/h6-8,11,14H,4-5,9H2,1-3H3,(H,17,18). The lowest BCUT2D eigenvalue weighted by atomic mass is 9.99. The summed E-state index contributed by atoms with van der Waals surface area (Å²) in [5.41, 5.74) is 2.39. The molecule has 1 aromatic rings. The minimum absolute atomic E-state index is 0.647. The van der Waals surface area contributed by atoms with Crippen LogP contribution in [0.5, 0.6) is 0 Å². The summed E-state index contributed by atoms with van der Waals surface area (Å²) in [6.45, 7) is 7.62. The molecule has 0 amide bonds. The van der Waals surface area contributed by atoms with Gasteiger partial charge in [0.15, 0.2) is 5.17 Å². The van der Waals surface area contributed by atoms with Crippen LogP contribution in [-0.4, -0.2) is 17.0 Å². The highest BCUT2D eigenvalue weighted by Crippen LogP contribution is 2.32. The molecule has 0 aromatic heterocycles. The van der Waals surface area contributed by atoms with Gasteiger partial charge in [-0.25, -0.2) is 0 Å². The number of anilines is 1. The van der Waals surface area contributed by atoms with Gasteiger partial charge >= 0.3 is 0 Å². The number of halogens is 1. The number of rotatable bonds is 4. The maximum absolute atomic E-state index is 4.65. The molecule has 0 saturated heterocycles. The first kappa shape index (κ1) is 14.9. The molecular weight excluding hydrogens is 320 g/mol. The van der Waals surface area contributed by atoms with Crippen molar-refractivity contribution in [2.24, 2.45) is 10.9 Å². The van der Waals surface area contributed by atoms with E-state index in [0.29, 0.717) is 5.25 Å². The van der Waals surface area contributed by atoms with Crippen LogP contribution in [0.1, 0.15) is 32.3 Å². The average molecular weight is 341 g/mol. The van der Waals surface area contributed by atoms with Gasteiger partial charge in [0.1, 0.15) is 0 Å². The van der Waals surface area contributed by atoms with E-state index >= 15 is 0 Å². The van der Waals surface area contributed by atoms with Crippen LogP contribution in [0, 0.1) is 12.8 Å². The van der Waals surface area contributed by atoms with Gasteiger partial charge in [0.05, 0.1) is 6.54 Å². The van der Waals surface area contributed by atoms with Crippen molar-refractivity contribution in [3.63, 3.8) is 0 Å². The molecule has 1 aliphatic rings. The Balaban J connectivity index is 1.98. The Bertz CT molecular complexity index is 469. The van der Waals surface area contributed by atoms with E-state index in [1.54, 1.807) is 0 Å². The van der Waals surface area contributed by atoms with Gasteiger partial charge in [-0.15, -0.1) is 0 Å². The van der Waals surface area contributed by atoms with Crippen LogP contribution < -0.4 is 5.32 Å². The number of benzene rings is 1. The number of hydrogen-bond acceptors (Lipinski definition) is 3.